The van der Waals surface area contributed by atoms with Crippen molar-refractivity contribution < 1.29 is 0 Å². The van der Waals surface area contributed by atoms with Crippen molar-refractivity contribution in [1.29, 1.82) is 0 Å². The largest absolute Gasteiger partial charge is 0.312 e. The molecule has 0 amide bonds. The lowest BCUT2D eigenvalue weighted by molar-refractivity contribution is 0.252. The first-order chi connectivity index (χ1) is 8.97. The van der Waals surface area contributed by atoms with E-state index in [1.54, 1.807) is 0 Å². The van der Waals surface area contributed by atoms with Crippen LogP contribution in [0.5, 0.6) is 0 Å². The van der Waals surface area contributed by atoms with Crippen molar-refractivity contribution in [3.63, 3.8) is 0 Å². The summed E-state index contributed by atoms with van der Waals surface area (Å²) in [5.74, 6) is 0.674. The summed E-state index contributed by atoms with van der Waals surface area (Å²) >= 11 is 0. The Balaban J connectivity index is 1.95. The van der Waals surface area contributed by atoms with Gasteiger partial charge in [0.15, 0.2) is 0 Å². The first-order valence-corrected chi connectivity index (χ1v) is 7.15. The van der Waals surface area contributed by atoms with Gasteiger partial charge in [0.2, 0.25) is 0 Å². The van der Waals surface area contributed by atoms with Gasteiger partial charge in [-0.2, -0.15) is 0 Å². The highest BCUT2D eigenvalue weighted by molar-refractivity contribution is 5.82. The molecule has 0 saturated carbocycles. The van der Waals surface area contributed by atoms with Crippen molar-refractivity contribution in [3.05, 3.63) is 48.0 Å². The predicted molar refractivity (Wildman–Crippen MR) is 84.3 cm³/mol. The van der Waals surface area contributed by atoms with Gasteiger partial charge < -0.3 is 5.32 Å². The van der Waals surface area contributed by atoms with Crippen LogP contribution in [0.25, 0.3) is 10.8 Å². The molecule has 2 rings (SSSR count). The molecule has 0 saturated heterocycles. The summed E-state index contributed by atoms with van der Waals surface area (Å²) in [6.45, 7) is 11.2. The monoisotopic (exact) mass is 255 g/mol. The maximum absolute atomic E-state index is 3.57. The lowest BCUT2D eigenvalue weighted by Gasteiger charge is -2.27. The van der Waals surface area contributed by atoms with Gasteiger partial charge in [-0.3, -0.25) is 0 Å². The molecule has 1 nitrogen and oxygen atoms in total. The van der Waals surface area contributed by atoms with E-state index in [1.165, 1.54) is 16.3 Å². The van der Waals surface area contributed by atoms with Crippen LogP contribution in [0, 0.1) is 11.3 Å². The second-order valence-corrected chi connectivity index (χ2v) is 6.58. The van der Waals surface area contributed by atoms with Gasteiger partial charge in [0.25, 0.3) is 0 Å². The normalized spacial score (nSPS) is 13.7. The van der Waals surface area contributed by atoms with Gasteiger partial charge in [-0.15, -0.1) is 0 Å². The SMILES string of the molecule is CC(CNCc1ccc2ccccc2c1)C(C)(C)C. The van der Waals surface area contributed by atoms with Gasteiger partial charge >= 0.3 is 0 Å². The summed E-state index contributed by atoms with van der Waals surface area (Å²) in [6, 6.07) is 15.2. The predicted octanol–water partition coefficient (Wildman–Crippen LogP) is 4.61. The summed E-state index contributed by atoms with van der Waals surface area (Å²) in [7, 11) is 0. The van der Waals surface area contributed by atoms with E-state index in [1.807, 2.05) is 0 Å². The highest BCUT2D eigenvalue weighted by Gasteiger charge is 2.18. The summed E-state index contributed by atoms with van der Waals surface area (Å²) in [5, 5.41) is 6.21. The molecular weight excluding hydrogens is 230 g/mol. The van der Waals surface area contributed by atoms with Gasteiger partial charge in [-0.1, -0.05) is 64.1 Å². The standard InChI is InChI=1S/C18H25N/c1-14(18(2,3)4)12-19-13-15-9-10-16-7-5-6-8-17(16)11-15/h5-11,14,19H,12-13H2,1-4H3. The summed E-state index contributed by atoms with van der Waals surface area (Å²) in [6.07, 6.45) is 0. The zero-order valence-electron chi connectivity index (χ0n) is 12.5. The van der Waals surface area contributed by atoms with Gasteiger partial charge in [0, 0.05) is 6.54 Å². The van der Waals surface area contributed by atoms with Crippen molar-refractivity contribution in [2.24, 2.45) is 11.3 Å². The van der Waals surface area contributed by atoms with Gasteiger partial charge in [-0.25, -0.2) is 0 Å². The molecule has 102 valence electrons. The number of rotatable bonds is 4. The maximum atomic E-state index is 3.57. The molecule has 0 spiro atoms. The summed E-state index contributed by atoms with van der Waals surface area (Å²) in [4.78, 5) is 0. The van der Waals surface area contributed by atoms with Gasteiger partial charge in [-0.05, 0) is 40.3 Å². The number of hydrogen-bond donors (Lipinski definition) is 1. The van der Waals surface area contributed by atoms with Crippen molar-refractivity contribution in [2.45, 2.75) is 34.2 Å². The van der Waals surface area contributed by atoms with E-state index in [4.69, 9.17) is 0 Å². The van der Waals surface area contributed by atoms with E-state index in [0.717, 1.165) is 13.1 Å². The molecule has 0 aromatic heterocycles. The third-order valence-corrected chi connectivity index (χ3v) is 4.07. The van der Waals surface area contributed by atoms with Crippen LogP contribution < -0.4 is 5.32 Å². The first-order valence-electron chi connectivity index (χ1n) is 7.15. The Morgan fingerprint density at radius 3 is 2.37 bits per heavy atom. The topological polar surface area (TPSA) is 12.0 Å². The van der Waals surface area contributed by atoms with E-state index >= 15 is 0 Å². The second kappa shape index (κ2) is 5.75. The van der Waals surface area contributed by atoms with E-state index in [9.17, 15) is 0 Å². The Bertz CT molecular complexity index is 537. The minimum atomic E-state index is 0.371. The van der Waals surface area contributed by atoms with Crippen LogP contribution in [0.15, 0.2) is 42.5 Å². The third kappa shape index (κ3) is 3.81. The molecule has 2 aromatic carbocycles. The molecule has 1 heteroatoms. The number of benzene rings is 2. The second-order valence-electron chi connectivity index (χ2n) is 6.58. The Kier molecular flexibility index (Phi) is 4.26. The average molecular weight is 255 g/mol. The van der Waals surface area contributed by atoms with Crippen molar-refractivity contribution >= 4 is 10.8 Å². The molecule has 0 bridgehead atoms. The Labute approximate surface area is 117 Å². The highest BCUT2D eigenvalue weighted by Crippen LogP contribution is 2.24. The molecule has 1 unspecified atom stereocenters. The lowest BCUT2D eigenvalue weighted by atomic mass is 9.82. The molecule has 0 fully saturated rings. The summed E-state index contributed by atoms with van der Waals surface area (Å²) in [5.41, 5.74) is 1.73. The fourth-order valence-corrected chi connectivity index (χ4v) is 2.09. The van der Waals surface area contributed by atoms with Crippen LogP contribution in [0.4, 0.5) is 0 Å². The number of nitrogens with one attached hydrogen (secondary N) is 1. The van der Waals surface area contributed by atoms with Crippen LogP contribution >= 0.6 is 0 Å². The zero-order chi connectivity index (χ0) is 13.9. The average Bonchev–Trinajstić information content (AvgIpc) is 2.37. The molecule has 1 atom stereocenters. The van der Waals surface area contributed by atoms with Crippen LogP contribution in [0.3, 0.4) is 0 Å². The molecule has 0 radical (unpaired) electrons. The van der Waals surface area contributed by atoms with Crippen LogP contribution in [0.2, 0.25) is 0 Å². The fraction of sp³-hybridized carbons (Fsp3) is 0.444. The quantitative estimate of drug-likeness (QED) is 0.841. The number of fused-ring (bicyclic) bond motifs is 1. The molecular formula is C18H25N. The van der Waals surface area contributed by atoms with Crippen LogP contribution in [0.1, 0.15) is 33.3 Å². The Morgan fingerprint density at radius 1 is 1.00 bits per heavy atom. The van der Waals surface area contributed by atoms with E-state index < -0.39 is 0 Å². The Morgan fingerprint density at radius 2 is 1.68 bits per heavy atom. The van der Waals surface area contributed by atoms with Crippen molar-refractivity contribution in [2.75, 3.05) is 6.54 Å². The lowest BCUT2D eigenvalue weighted by Crippen LogP contribution is -2.29. The van der Waals surface area contributed by atoms with E-state index in [0.29, 0.717) is 11.3 Å². The van der Waals surface area contributed by atoms with Crippen LogP contribution in [-0.4, -0.2) is 6.54 Å². The first kappa shape index (κ1) is 14.1. The van der Waals surface area contributed by atoms with E-state index in [-0.39, 0.29) is 0 Å². The molecule has 19 heavy (non-hydrogen) atoms. The highest BCUT2D eigenvalue weighted by atomic mass is 14.9. The smallest absolute Gasteiger partial charge is 0.0205 e. The molecule has 0 aliphatic carbocycles. The molecule has 0 heterocycles. The minimum absolute atomic E-state index is 0.371. The fourth-order valence-electron chi connectivity index (χ4n) is 2.09. The maximum Gasteiger partial charge on any atom is 0.0205 e. The van der Waals surface area contributed by atoms with Crippen LogP contribution in [-0.2, 0) is 6.54 Å². The Hall–Kier alpha value is -1.34. The van der Waals surface area contributed by atoms with E-state index in [2.05, 4.69) is 75.5 Å². The van der Waals surface area contributed by atoms with Gasteiger partial charge in [0.1, 0.15) is 0 Å². The van der Waals surface area contributed by atoms with Crippen molar-refractivity contribution in [3.8, 4) is 0 Å². The molecule has 1 N–H and O–H groups in total. The molecule has 2 aromatic rings. The third-order valence-electron chi connectivity index (χ3n) is 4.07. The minimum Gasteiger partial charge on any atom is -0.312 e. The summed E-state index contributed by atoms with van der Waals surface area (Å²) < 4.78 is 0. The zero-order valence-corrected chi connectivity index (χ0v) is 12.5. The number of hydrogen-bond acceptors (Lipinski definition) is 1. The van der Waals surface area contributed by atoms with Gasteiger partial charge in [0.05, 0.1) is 0 Å². The molecule has 0 aliphatic rings. The van der Waals surface area contributed by atoms with Crippen molar-refractivity contribution in [1.82, 2.24) is 5.32 Å². The molecule has 0 aliphatic heterocycles.